The van der Waals surface area contributed by atoms with Crippen molar-refractivity contribution >= 4 is 21.6 Å². The van der Waals surface area contributed by atoms with Crippen molar-refractivity contribution in [2.24, 2.45) is 0 Å². The van der Waals surface area contributed by atoms with Gasteiger partial charge < -0.3 is 4.57 Å². The summed E-state index contributed by atoms with van der Waals surface area (Å²) in [5.41, 5.74) is 3.92. The smallest absolute Gasteiger partial charge is 0.303 e. The zero-order valence-electron chi connectivity index (χ0n) is 17.2. The number of pyridine rings is 1. The molecule has 3 nitrogen and oxygen atoms in total. The van der Waals surface area contributed by atoms with Crippen molar-refractivity contribution in [2.75, 3.05) is 6.54 Å². The predicted octanol–water partition coefficient (Wildman–Crippen LogP) is 5.69. The van der Waals surface area contributed by atoms with Crippen molar-refractivity contribution in [1.82, 2.24) is 9.47 Å². The second-order valence-corrected chi connectivity index (χ2v) is 9.04. The fraction of sp³-hybridized carbons (Fsp3) is 0.240. The van der Waals surface area contributed by atoms with Crippen molar-refractivity contribution in [3.8, 4) is 0 Å². The Balaban J connectivity index is 1.49. The average molecular weight is 455 g/mol. The van der Waals surface area contributed by atoms with Gasteiger partial charge >= 0.3 is 6.18 Å². The molecule has 2 aromatic heterocycles. The molecule has 0 N–H and O–H groups in total. The Morgan fingerprint density at radius 2 is 1.59 bits per heavy atom. The molecular weight excluding hydrogens is 433 g/mol. The minimum atomic E-state index is -4.37. The van der Waals surface area contributed by atoms with Crippen LogP contribution in [0, 0.1) is 0 Å². The van der Waals surface area contributed by atoms with Crippen LogP contribution in [0.4, 0.5) is 13.2 Å². The first-order valence-electron chi connectivity index (χ1n) is 10.4. The predicted molar refractivity (Wildman–Crippen MR) is 121 cm³/mol. The number of aromatic nitrogens is 1. The maximum atomic E-state index is 13.5. The van der Waals surface area contributed by atoms with Crippen LogP contribution < -0.4 is 5.56 Å². The first-order chi connectivity index (χ1) is 15.4. The Morgan fingerprint density at radius 1 is 0.875 bits per heavy atom. The summed E-state index contributed by atoms with van der Waals surface area (Å²) in [5.74, 6) is 0. The van der Waals surface area contributed by atoms with Crippen LogP contribution in [0.2, 0.25) is 0 Å². The van der Waals surface area contributed by atoms with Crippen molar-refractivity contribution in [3.05, 3.63) is 104 Å². The molecule has 1 aliphatic heterocycles. The first-order valence-corrected chi connectivity index (χ1v) is 11.3. The molecule has 0 radical (unpaired) electrons. The molecule has 0 unspecified atom stereocenters. The number of fused-ring (bicyclic) bond motifs is 3. The number of halogens is 3. The largest absolute Gasteiger partial charge is 0.416 e. The zero-order valence-corrected chi connectivity index (χ0v) is 18.0. The summed E-state index contributed by atoms with van der Waals surface area (Å²) >= 11 is 1.62. The molecule has 4 aromatic rings. The number of nitrogens with zero attached hydrogens (tertiary/aromatic N) is 2. The highest BCUT2D eigenvalue weighted by Gasteiger charge is 2.30. The van der Waals surface area contributed by atoms with Gasteiger partial charge in [-0.05, 0) is 46.7 Å². The van der Waals surface area contributed by atoms with Crippen LogP contribution in [0.5, 0.6) is 0 Å². The second kappa shape index (κ2) is 8.22. The van der Waals surface area contributed by atoms with Crippen molar-refractivity contribution in [1.29, 1.82) is 0 Å². The van der Waals surface area contributed by atoms with E-state index in [2.05, 4.69) is 17.0 Å². The maximum Gasteiger partial charge on any atom is 0.416 e. The molecular formula is C25H21F3N2OS. The molecule has 7 heteroatoms. The molecule has 2 aromatic carbocycles. The monoisotopic (exact) mass is 454 g/mol. The third-order valence-electron chi connectivity index (χ3n) is 6.01. The van der Waals surface area contributed by atoms with Crippen LogP contribution >= 0.6 is 11.3 Å². The lowest BCUT2D eigenvalue weighted by molar-refractivity contribution is -0.137. The average Bonchev–Trinajstić information content (AvgIpc) is 3.27. The van der Waals surface area contributed by atoms with E-state index >= 15 is 0 Å². The molecule has 5 rings (SSSR count). The van der Waals surface area contributed by atoms with E-state index in [1.54, 1.807) is 15.9 Å². The number of benzene rings is 2. The SMILES string of the molecule is O=c1c2c(c3sccc3n1Cc1ccc(C(F)(F)F)cc1)CCN(Cc1ccccc1)C2. The Labute approximate surface area is 187 Å². The third kappa shape index (κ3) is 3.98. The molecule has 32 heavy (non-hydrogen) atoms. The normalized spacial score (nSPS) is 14.6. The van der Waals surface area contributed by atoms with Crippen LogP contribution in [-0.2, 0) is 32.2 Å². The summed E-state index contributed by atoms with van der Waals surface area (Å²) in [5, 5.41) is 1.98. The Hall–Kier alpha value is -2.90. The molecule has 0 fully saturated rings. The topological polar surface area (TPSA) is 25.2 Å². The molecule has 0 amide bonds. The Morgan fingerprint density at radius 3 is 2.31 bits per heavy atom. The first kappa shape index (κ1) is 21.0. The van der Waals surface area contributed by atoms with E-state index in [1.807, 2.05) is 29.6 Å². The lowest BCUT2D eigenvalue weighted by Crippen LogP contribution is -2.37. The number of alkyl halides is 3. The van der Waals surface area contributed by atoms with Gasteiger partial charge in [0.2, 0.25) is 0 Å². The zero-order chi connectivity index (χ0) is 22.3. The van der Waals surface area contributed by atoms with E-state index < -0.39 is 11.7 Å². The van der Waals surface area contributed by atoms with Gasteiger partial charge in [0.15, 0.2) is 0 Å². The molecule has 0 saturated heterocycles. The van der Waals surface area contributed by atoms with Gasteiger partial charge in [0.05, 0.1) is 22.3 Å². The van der Waals surface area contributed by atoms with E-state index in [9.17, 15) is 18.0 Å². The van der Waals surface area contributed by atoms with Crippen LogP contribution in [-0.4, -0.2) is 16.0 Å². The fourth-order valence-corrected chi connectivity index (χ4v) is 5.39. The highest BCUT2D eigenvalue weighted by molar-refractivity contribution is 7.17. The summed E-state index contributed by atoms with van der Waals surface area (Å²) < 4.78 is 41.5. The van der Waals surface area contributed by atoms with E-state index in [-0.39, 0.29) is 12.1 Å². The van der Waals surface area contributed by atoms with E-state index in [4.69, 9.17) is 0 Å². The van der Waals surface area contributed by atoms with Crippen molar-refractivity contribution in [2.45, 2.75) is 32.2 Å². The second-order valence-electron chi connectivity index (χ2n) is 8.12. The minimum Gasteiger partial charge on any atom is -0.303 e. The minimum absolute atomic E-state index is 0.0523. The summed E-state index contributed by atoms with van der Waals surface area (Å²) in [4.78, 5) is 15.8. The molecule has 0 spiro atoms. The molecule has 0 aliphatic carbocycles. The van der Waals surface area contributed by atoms with Crippen LogP contribution in [0.3, 0.4) is 0 Å². The van der Waals surface area contributed by atoms with Crippen molar-refractivity contribution < 1.29 is 13.2 Å². The lowest BCUT2D eigenvalue weighted by Gasteiger charge is -2.29. The summed E-state index contributed by atoms with van der Waals surface area (Å²) in [7, 11) is 0. The number of hydrogen-bond donors (Lipinski definition) is 0. The van der Waals surface area contributed by atoms with Gasteiger partial charge in [0.1, 0.15) is 0 Å². The maximum absolute atomic E-state index is 13.5. The Kier molecular flexibility index (Phi) is 5.39. The third-order valence-corrected chi connectivity index (χ3v) is 6.97. The van der Waals surface area contributed by atoms with Gasteiger partial charge in [-0.15, -0.1) is 11.3 Å². The van der Waals surface area contributed by atoms with E-state index in [0.717, 1.165) is 53.0 Å². The summed E-state index contributed by atoms with van der Waals surface area (Å²) in [6.07, 6.45) is -3.56. The van der Waals surface area contributed by atoms with Gasteiger partial charge in [-0.1, -0.05) is 42.5 Å². The molecule has 0 atom stereocenters. The number of hydrogen-bond acceptors (Lipinski definition) is 3. The molecule has 0 bridgehead atoms. The van der Waals surface area contributed by atoms with Crippen LogP contribution in [0.25, 0.3) is 10.2 Å². The van der Waals surface area contributed by atoms with Crippen LogP contribution in [0.1, 0.15) is 27.8 Å². The molecule has 164 valence electrons. The number of thiophene rings is 1. The highest BCUT2D eigenvalue weighted by Crippen LogP contribution is 2.31. The molecule has 1 aliphatic rings. The van der Waals surface area contributed by atoms with Gasteiger partial charge in [0, 0.05) is 25.2 Å². The lowest BCUT2D eigenvalue weighted by atomic mass is 9.99. The fourth-order valence-electron chi connectivity index (χ4n) is 4.39. The standard InChI is InChI=1S/C25H21F3N2OS/c26-25(27,28)19-8-6-18(7-9-19)15-30-22-11-13-32-23(22)20-10-12-29(16-21(20)24(30)31)14-17-4-2-1-3-5-17/h1-9,11,13H,10,12,14-16H2. The number of rotatable bonds is 4. The van der Waals surface area contributed by atoms with E-state index in [1.165, 1.54) is 17.7 Å². The molecule has 0 saturated carbocycles. The molecule has 3 heterocycles. The summed E-state index contributed by atoms with van der Waals surface area (Å²) in [6.45, 7) is 2.48. The van der Waals surface area contributed by atoms with Crippen LogP contribution in [0.15, 0.2) is 70.8 Å². The highest BCUT2D eigenvalue weighted by atomic mass is 32.1. The van der Waals surface area contributed by atoms with Gasteiger partial charge in [0.25, 0.3) is 5.56 Å². The van der Waals surface area contributed by atoms with E-state index in [0.29, 0.717) is 12.1 Å². The quantitative estimate of drug-likeness (QED) is 0.396. The van der Waals surface area contributed by atoms with Gasteiger partial charge in [-0.25, -0.2) is 0 Å². The Bertz CT molecular complexity index is 1310. The van der Waals surface area contributed by atoms with Gasteiger partial charge in [-0.3, -0.25) is 9.69 Å². The summed E-state index contributed by atoms with van der Waals surface area (Å²) in [6, 6.07) is 17.2. The van der Waals surface area contributed by atoms with Gasteiger partial charge in [-0.2, -0.15) is 13.2 Å². The van der Waals surface area contributed by atoms with Crippen molar-refractivity contribution in [3.63, 3.8) is 0 Å².